The molecule has 0 aromatic carbocycles. The average Bonchev–Trinajstić information content (AvgIpc) is 1.96. The second kappa shape index (κ2) is 5.25. The highest BCUT2D eigenvalue weighted by molar-refractivity contribution is 5.71. The average molecular weight is 173 g/mol. The molecule has 1 unspecified atom stereocenters. The quantitative estimate of drug-likeness (QED) is 0.302. The van der Waals surface area contributed by atoms with E-state index in [1.807, 2.05) is 0 Å². The largest absolute Gasteiger partial charge is 0.392 e. The Labute approximate surface area is 69.6 Å². The summed E-state index contributed by atoms with van der Waals surface area (Å²) in [5.74, 6) is 0. The minimum Gasteiger partial charge on any atom is -0.392 e. The molecule has 0 radical (unpaired) electrons. The number of hydrogen-bond acceptors (Lipinski definition) is 5. The van der Waals surface area contributed by atoms with Crippen molar-refractivity contribution in [3.63, 3.8) is 0 Å². The van der Waals surface area contributed by atoms with E-state index in [1.54, 1.807) is 6.92 Å². The van der Waals surface area contributed by atoms with Gasteiger partial charge in [-0.05, 0) is 6.92 Å². The summed E-state index contributed by atoms with van der Waals surface area (Å²) in [5.41, 5.74) is -0.337. The van der Waals surface area contributed by atoms with Crippen molar-refractivity contribution in [2.24, 2.45) is 0 Å². The van der Waals surface area contributed by atoms with Gasteiger partial charge in [-0.1, -0.05) is 0 Å². The number of aliphatic hydroxyl groups excluding tert-OH is 1. The molecule has 0 heterocycles. The Bertz CT molecular complexity index is 200. The monoisotopic (exact) mass is 173 g/mol. The number of rotatable bonds is 5. The second-order valence-electron chi connectivity index (χ2n) is 2.23. The highest BCUT2D eigenvalue weighted by atomic mass is 16.6. The van der Waals surface area contributed by atoms with E-state index in [9.17, 15) is 10.1 Å². The van der Waals surface area contributed by atoms with Gasteiger partial charge in [-0.15, -0.1) is 0 Å². The van der Waals surface area contributed by atoms with Crippen molar-refractivity contribution in [1.29, 1.82) is 5.41 Å². The highest BCUT2D eigenvalue weighted by Crippen LogP contribution is 1.87. The maximum atomic E-state index is 10.1. The van der Waals surface area contributed by atoms with Gasteiger partial charge in [0.1, 0.15) is 0 Å². The first-order chi connectivity index (χ1) is 5.57. The van der Waals surface area contributed by atoms with Crippen LogP contribution in [0, 0.1) is 15.5 Å². The lowest BCUT2D eigenvalue weighted by molar-refractivity contribution is -0.414. The van der Waals surface area contributed by atoms with Crippen LogP contribution in [0.15, 0.2) is 11.9 Å². The second-order valence-corrected chi connectivity index (χ2v) is 2.23. The normalized spacial score (nSPS) is 13.7. The van der Waals surface area contributed by atoms with Crippen molar-refractivity contribution in [3.05, 3.63) is 22.0 Å². The van der Waals surface area contributed by atoms with E-state index in [0.29, 0.717) is 6.21 Å². The zero-order valence-electron chi connectivity index (χ0n) is 6.65. The van der Waals surface area contributed by atoms with Crippen molar-refractivity contribution in [2.75, 3.05) is 6.54 Å². The van der Waals surface area contributed by atoms with Crippen LogP contribution in [0.2, 0.25) is 0 Å². The van der Waals surface area contributed by atoms with Gasteiger partial charge >= 0.3 is 5.70 Å². The molecule has 0 fully saturated rings. The van der Waals surface area contributed by atoms with E-state index < -0.39 is 11.0 Å². The van der Waals surface area contributed by atoms with Crippen molar-refractivity contribution in [1.82, 2.24) is 5.32 Å². The van der Waals surface area contributed by atoms with Crippen LogP contribution in [0.25, 0.3) is 0 Å². The predicted octanol–water partition coefficient (Wildman–Crippen LogP) is -0.276. The van der Waals surface area contributed by atoms with Gasteiger partial charge in [-0.25, -0.2) is 0 Å². The molecule has 1 atom stereocenters. The van der Waals surface area contributed by atoms with Crippen LogP contribution in [-0.2, 0) is 0 Å². The molecule has 6 heteroatoms. The summed E-state index contributed by atoms with van der Waals surface area (Å²) >= 11 is 0. The first kappa shape index (κ1) is 10.6. The lowest BCUT2D eigenvalue weighted by Gasteiger charge is -2.01. The van der Waals surface area contributed by atoms with Gasteiger partial charge in [0.15, 0.2) is 0 Å². The molecule has 0 saturated carbocycles. The number of aliphatic hydroxyl groups is 1. The fourth-order valence-corrected chi connectivity index (χ4v) is 0.481. The van der Waals surface area contributed by atoms with Crippen LogP contribution in [0.4, 0.5) is 0 Å². The number of nitrogens with one attached hydrogen (secondary N) is 2. The third-order valence-electron chi connectivity index (χ3n) is 1.02. The van der Waals surface area contributed by atoms with Crippen LogP contribution in [0.1, 0.15) is 6.92 Å². The number of allylic oxidation sites excluding steroid dienone is 1. The summed E-state index contributed by atoms with van der Waals surface area (Å²) in [7, 11) is 0. The van der Waals surface area contributed by atoms with Crippen LogP contribution in [-0.4, -0.2) is 28.9 Å². The molecule has 12 heavy (non-hydrogen) atoms. The zero-order valence-corrected chi connectivity index (χ0v) is 6.65. The fraction of sp³-hybridized carbons (Fsp3) is 0.500. The Kier molecular flexibility index (Phi) is 4.62. The third-order valence-corrected chi connectivity index (χ3v) is 1.02. The minimum absolute atomic E-state index is 0.227. The number of nitro groups is 1. The molecule has 0 aliphatic rings. The molecule has 0 bridgehead atoms. The van der Waals surface area contributed by atoms with Gasteiger partial charge in [0.25, 0.3) is 0 Å². The maximum Gasteiger partial charge on any atom is 0.302 e. The standard InChI is InChI=1S/C6H11N3O3/c1-5(10)3-8-4-6(2-7)9(11)12/h2,4-5,7-8,10H,3H2,1H3/b6-4+,7-2?. The molecule has 0 rings (SSSR count). The van der Waals surface area contributed by atoms with Crippen LogP contribution in [0.5, 0.6) is 0 Å². The summed E-state index contributed by atoms with van der Waals surface area (Å²) in [6.07, 6.45) is 1.15. The summed E-state index contributed by atoms with van der Waals surface area (Å²) < 4.78 is 0. The molecule has 0 aromatic heterocycles. The smallest absolute Gasteiger partial charge is 0.302 e. The van der Waals surface area contributed by atoms with E-state index in [0.717, 1.165) is 6.20 Å². The van der Waals surface area contributed by atoms with E-state index >= 15 is 0 Å². The van der Waals surface area contributed by atoms with Crippen LogP contribution in [0.3, 0.4) is 0 Å². The number of hydrogen-bond donors (Lipinski definition) is 3. The first-order valence-corrected chi connectivity index (χ1v) is 3.34. The summed E-state index contributed by atoms with van der Waals surface area (Å²) in [4.78, 5) is 9.41. The van der Waals surface area contributed by atoms with E-state index in [4.69, 9.17) is 10.5 Å². The molecule has 0 spiro atoms. The van der Waals surface area contributed by atoms with Gasteiger partial charge in [-0.2, -0.15) is 0 Å². The lowest BCUT2D eigenvalue weighted by atomic mass is 10.4. The molecule has 0 amide bonds. The lowest BCUT2D eigenvalue weighted by Crippen LogP contribution is -2.20. The topological polar surface area (TPSA) is 99.2 Å². The zero-order chi connectivity index (χ0) is 9.56. The molecule has 0 saturated heterocycles. The Morgan fingerprint density at radius 3 is 2.83 bits per heavy atom. The van der Waals surface area contributed by atoms with Gasteiger partial charge in [0.05, 0.1) is 23.4 Å². The van der Waals surface area contributed by atoms with Crippen molar-refractivity contribution < 1.29 is 10.0 Å². The molecular weight excluding hydrogens is 162 g/mol. The van der Waals surface area contributed by atoms with Gasteiger partial charge in [-0.3, -0.25) is 10.1 Å². The van der Waals surface area contributed by atoms with Gasteiger partial charge in [0.2, 0.25) is 0 Å². The van der Waals surface area contributed by atoms with E-state index in [2.05, 4.69) is 5.32 Å². The summed E-state index contributed by atoms with van der Waals surface area (Å²) in [6, 6.07) is 0. The Morgan fingerprint density at radius 1 is 1.92 bits per heavy atom. The molecule has 0 aliphatic carbocycles. The Morgan fingerprint density at radius 2 is 2.50 bits per heavy atom. The van der Waals surface area contributed by atoms with E-state index in [-0.39, 0.29) is 12.2 Å². The Balaban J connectivity index is 3.95. The third kappa shape index (κ3) is 4.40. The Hall–Kier alpha value is -1.43. The van der Waals surface area contributed by atoms with Crippen molar-refractivity contribution >= 4 is 6.21 Å². The van der Waals surface area contributed by atoms with Gasteiger partial charge < -0.3 is 15.8 Å². The van der Waals surface area contributed by atoms with Crippen LogP contribution >= 0.6 is 0 Å². The number of nitrogens with zero attached hydrogens (tertiary/aromatic N) is 1. The minimum atomic E-state index is -0.679. The molecule has 0 aromatic rings. The molecule has 68 valence electrons. The van der Waals surface area contributed by atoms with Crippen LogP contribution < -0.4 is 5.32 Å². The van der Waals surface area contributed by atoms with Crippen molar-refractivity contribution in [2.45, 2.75) is 13.0 Å². The molecule has 3 N–H and O–H groups in total. The molecule has 0 aliphatic heterocycles. The van der Waals surface area contributed by atoms with E-state index in [1.165, 1.54) is 0 Å². The maximum absolute atomic E-state index is 10.1. The molecule has 6 nitrogen and oxygen atoms in total. The SMILES string of the molecule is CC(O)CN/C=C(\C=N)[N+](=O)[O-]. The summed E-state index contributed by atoms with van der Waals surface area (Å²) in [5, 5.41) is 28.0. The summed E-state index contributed by atoms with van der Waals surface area (Å²) in [6.45, 7) is 1.78. The highest BCUT2D eigenvalue weighted by Gasteiger charge is 2.04. The predicted molar refractivity (Wildman–Crippen MR) is 43.5 cm³/mol. The van der Waals surface area contributed by atoms with Crippen molar-refractivity contribution in [3.8, 4) is 0 Å². The fourth-order valence-electron chi connectivity index (χ4n) is 0.481. The first-order valence-electron chi connectivity index (χ1n) is 3.34. The van der Waals surface area contributed by atoms with Gasteiger partial charge in [0, 0.05) is 6.54 Å². The molecular formula is C6H11N3O3.